The van der Waals surface area contributed by atoms with Crippen LogP contribution in [0.15, 0.2) is 0 Å². The fourth-order valence-electron chi connectivity index (χ4n) is 3.09. The van der Waals surface area contributed by atoms with Crippen LogP contribution in [0, 0.1) is 11.8 Å². The van der Waals surface area contributed by atoms with Gasteiger partial charge in [-0.05, 0) is 50.5 Å². The van der Waals surface area contributed by atoms with Gasteiger partial charge in [0.25, 0.3) is 0 Å². The van der Waals surface area contributed by atoms with Crippen LogP contribution in [0.2, 0.25) is 0 Å². The second kappa shape index (κ2) is 15.5. The Morgan fingerprint density at radius 2 is 1.28 bits per heavy atom. The van der Waals surface area contributed by atoms with E-state index in [4.69, 9.17) is 11.5 Å². The summed E-state index contributed by atoms with van der Waals surface area (Å²) in [6, 6.07) is -4.28. The van der Waals surface area contributed by atoms with Crippen LogP contribution < -0.4 is 27.4 Å². The maximum Gasteiger partial charge on any atom is 0.326 e. The molecule has 0 rings (SSSR count). The molecule has 0 fully saturated rings. The summed E-state index contributed by atoms with van der Waals surface area (Å²) in [5, 5.41) is 26.3. The zero-order valence-corrected chi connectivity index (χ0v) is 19.6. The number of carboxylic acid groups (broad SMARTS) is 1. The number of rotatable bonds is 16. The van der Waals surface area contributed by atoms with Crippen LogP contribution in [0.4, 0.5) is 0 Å². The number of carboxylic acids is 1. The molecule has 0 aromatic carbocycles. The van der Waals surface area contributed by atoms with Crippen LogP contribution in [0.1, 0.15) is 59.8 Å². The molecule has 11 nitrogen and oxygen atoms in total. The summed E-state index contributed by atoms with van der Waals surface area (Å²) in [6.07, 6.45) is 1.99. The topological polar surface area (TPSA) is 197 Å². The minimum absolute atomic E-state index is 0.0331. The van der Waals surface area contributed by atoms with Gasteiger partial charge in [0.1, 0.15) is 18.1 Å². The zero-order chi connectivity index (χ0) is 24.8. The normalized spacial score (nSPS) is 15.0. The van der Waals surface area contributed by atoms with Gasteiger partial charge in [-0.25, -0.2) is 4.79 Å². The lowest BCUT2D eigenvalue weighted by molar-refractivity contribution is -0.143. The smallest absolute Gasteiger partial charge is 0.326 e. The molecule has 0 aliphatic carbocycles. The van der Waals surface area contributed by atoms with Gasteiger partial charge in [0, 0.05) is 0 Å². The van der Waals surface area contributed by atoms with E-state index in [-0.39, 0.29) is 24.7 Å². The molecule has 3 amide bonds. The predicted molar refractivity (Wildman–Crippen MR) is 120 cm³/mol. The monoisotopic (exact) mass is 459 g/mol. The quantitative estimate of drug-likeness (QED) is 0.144. The van der Waals surface area contributed by atoms with E-state index >= 15 is 0 Å². The summed E-state index contributed by atoms with van der Waals surface area (Å²) in [7, 11) is 0. The number of nitrogens with two attached hydrogens (primary N) is 2. The summed E-state index contributed by atoms with van der Waals surface area (Å²) >= 11 is 0. The molecule has 0 aromatic heterocycles. The third-order valence-corrected chi connectivity index (χ3v) is 4.78. The standard InChI is InChI=1S/C21H41N5O6/c1-12(2)9-14(23)18(28)26-17(11-27)20(30)24-15(7-5-6-8-22)19(29)25-16(21(31)32)10-13(3)4/h12-17,27H,5-11,22-23H2,1-4H3,(H,24,30)(H,25,29)(H,26,28)(H,31,32)/t14-,15+,16-,17+/m0/s1. The third-order valence-electron chi connectivity index (χ3n) is 4.78. The molecule has 0 aliphatic heterocycles. The van der Waals surface area contributed by atoms with E-state index in [1.54, 1.807) is 0 Å². The summed E-state index contributed by atoms with van der Waals surface area (Å²) < 4.78 is 0. The van der Waals surface area contributed by atoms with Gasteiger partial charge < -0.3 is 37.6 Å². The van der Waals surface area contributed by atoms with Crippen molar-refractivity contribution in [3.05, 3.63) is 0 Å². The molecule has 0 saturated carbocycles. The highest BCUT2D eigenvalue weighted by Crippen LogP contribution is 2.08. The van der Waals surface area contributed by atoms with Gasteiger partial charge in [-0.15, -0.1) is 0 Å². The van der Waals surface area contributed by atoms with Crippen molar-refractivity contribution in [1.82, 2.24) is 16.0 Å². The van der Waals surface area contributed by atoms with Crippen molar-refractivity contribution in [2.75, 3.05) is 13.2 Å². The maximum absolute atomic E-state index is 12.7. The van der Waals surface area contributed by atoms with Crippen molar-refractivity contribution < 1.29 is 29.4 Å². The van der Waals surface area contributed by atoms with Crippen LogP contribution in [0.3, 0.4) is 0 Å². The van der Waals surface area contributed by atoms with Crippen LogP contribution in [0.5, 0.6) is 0 Å². The van der Waals surface area contributed by atoms with Crippen LogP contribution in [-0.2, 0) is 19.2 Å². The van der Waals surface area contributed by atoms with Gasteiger partial charge in [0.2, 0.25) is 17.7 Å². The molecule has 0 spiro atoms. The van der Waals surface area contributed by atoms with Gasteiger partial charge in [-0.2, -0.15) is 0 Å². The number of hydrogen-bond acceptors (Lipinski definition) is 7. The van der Waals surface area contributed by atoms with Gasteiger partial charge >= 0.3 is 5.97 Å². The molecule has 0 aliphatic rings. The van der Waals surface area contributed by atoms with Gasteiger partial charge in [0.15, 0.2) is 0 Å². The molecule has 4 atom stereocenters. The van der Waals surface area contributed by atoms with Gasteiger partial charge in [-0.1, -0.05) is 27.7 Å². The zero-order valence-electron chi connectivity index (χ0n) is 19.6. The first kappa shape index (κ1) is 29.8. The van der Waals surface area contributed by atoms with E-state index in [1.807, 2.05) is 27.7 Å². The number of nitrogens with one attached hydrogen (secondary N) is 3. The second-order valence-electron chi connectivity index (χ2n) is 8.85. The Morgan fingerprint density at radius 1 is 0.781 bits per heavy atom. The number of unbranched alkanes of at least 4 members (excludes halogenated alkanes) is 1. The van der Waals surface area contributed by atoms with E-state index in [1.165, 1.54) is 0 Å². The summed E-state index contributed by atoms with van der Waals surface area (Å²) in [4.78, 5) is 49.1. The molecule has 0 heterocycles. The molecule has 0 saturated heterocycles. The predicted octanol–water partition coefficient (Wildman–Crippen LogP) is -0.934. The van der Waals surface area contributed by atoms with Crippen molar-refractivity contribution in [3.8, 4) is 0 Å². The Kier molecular flexibility index (Phi) is 14.5. The molecule has 0 unspecified atom stereocenters. The Morgan fingerprint density at radius 3 is 1.75 bits per heavy atom. The highest BCUT2D eigenvalue weighted by molar-refractivity contribution is 5.94. The van der Waals surface area contributed by atoms with Crippen molar-refractivity contribution >= 4 is 23.7 Å². The Labute approximate surface area is 190 Å². The average Bonchev–Trinajstić information content (AvgIpc) is 2.69. The third kappa shape index (κ3) is 12.0. The molecule has 0 radical (unpaired) electrons. The number of aliphatic hydroxyl groups is 1. The largest absolute Gasteiger partial charge is 0.480 e. The van der Waals surface area contributed by atoms with Crippen molar-refractivity contribution in [3.63, 3.8) is 0 Å². The molecule has 9 N–H and O–H groups in total. The van der Waals surface area contributed by atoms with E-state index in [0.717, 1.165) is 0 Å². The van der Waals surface area contributed by atoms with Crippen molar-refractivity contribution in [2.24, 2.45) is 23.3 Å². The lowest BCUT2D eigenvalue weighted by Crippen LogP contribution is -2.58. The summed E-state index contributed by atoms with van der Waals surface area (Å²) in [6.45, 7) is 7.18. The molecule has 186 valence electrons. The Hall–Kier alpha value is -2.24. The first-order valence-corrected chi connectivity index (χ1v) is 11.1. The Balaban J connectivity index is 5.26. The second-order valence-corrected chi connectivity index (χ2v) is 8.85. The average molecular weight is 460 g/mol. The highest BCUT2D eigenvalue weighted by atomic mass is 16.4. The molecule has 32 heavy (non-hydrogen) atoms. The first-order chi connectivity index (χ1) is 14.9. The van der Waals surface area contributed by atoms with E-state index < -0.39 is 54.5 Å². The van der Waals surface area contributed by atoms with E-state index in [9.17, 15) is 29.4 Å². The number of hydrogen-bond donors (Lipinski definition) is 7. The molecule has 0 aromatic rings. The molecular formula is C21H41N5O6. The van der Waals surface area contributed by atoms with Crippen LogP contribution >= 0.6 is 0 Å². The first-order valence-electron chi connectivity index (χ1n) is 11.1. The minimum atomic E-state index is -1.29. The van der Waals surface area contributed by atoms with Crippen LogP contribution in [0.25, 0.3) is 0 Å². The van der Waals surface area contributed by atoms with Gasteiger partial charge in [-0.3, -0.25) is 14.4 Å². The number of amides is 3. The lowest BCUT2D eigenvalue weighted by atomic mass is 10.0. The van der Waals surface area contributed by atoms with E-state index in [2.05, 4.69) is 16.0 Å². The fraction of sp³-hybridized carbons (Fsp3) is 0.810. The Bertz CT molecular complexity index is 613. The highest BCUT2D eigenvalue weighted by Gasteiger charge is 2.30. The van der Waals surface area contributed by atoms with Crippen molar-refractivity contribution in [2.45, 2.75) is 84.0 Å². The summed E-state index contributed by atoms with van der Waals surface area (Å²) in [5.74, 6) is -2.96. The fourth-order valence-corrected chi connectivity index (χ4v) is 3.09. The number of carbonyl (C=O) groups is 4. The minimum Gasteiger partial charge on any atom is -0.480 e. The van der Waals surface area contributed by atoms with E-state index in [0.29, 0.717) is 25.8 Å². The molecular weight excluding hydrogens is 418 g/mol. The number of carbonyl (C=O) groups excluding carboxylic acids is 3. The lowest BCUT2D eigenvalue weighted by Gasteiger charge is -2.25. The SMILES string of the molecule is CC(C)C[C@H](NC(=O)[C@@H](CCCCN)NC(=O)[C@@H](CO)NC(=O)[C@@H](N)CC(C)C)C(=O)O. The van der Waals surface area contributed by atoms with Crippen molar-refractivity contribution in [1.29, 1.82) is 0 Å². The van der Waals surface area contributed by atoms with Gasteiger partial charge in [0.05, 0.1) is 12.6 Å². The number of aliphatic carboxylic acids is 1. The molecule has 11 heteroatoms. The van der Waals surface area contributed by atoms with Crippen LogP contribution in [-0.4, -0.2) is 71.2 Å². The maximum atomic E-state index is 12.7. The molecule has 0 bridgehead atoms. The number of aliphatic hydroxyl groups excluding tert-OH is 1. The summed E-state index contributed by atoms with van der Waals surface area (Å²) in [5.41, 5.74) is 11.3.